The lowest BCUT2D eigenvalue weighted by Crippen LogP contribution is -2.42. The van der Waals surface area contributed by atoms with Crippen LogP contribution in [0.1, 0.15) is 52.4 Å². The number of fused-ring (bicyclic) bond motifs is 1. The molecule has 0 unspecified atom stereocenters. The normalized spacial score (nSPS) is 19.2. The van der Waals surface area contributed by atoms with Crippen molar-refractivity contribution in [2.45, 2.75) is 52.4 Å². The number of nitrogens with one attached hydrogen (secondary N) is 1. The van der Waals surface area contributed by atoms with Crippen molar-refractivity contribution in [2.24, 2.45) is 11.3 Å². The summed E-state index contributed by atoms with van der Waals surface area (Å²) in [7, 11) is 0. The lowest BCUT2D eigenvalue weighted by atomic mass is 9.93. The molecule has 3 rings (SSSR count). The highest BCUT2D eigenvalue weighted by Crippen LogP contribution is 2.38. The van der Waals surface area contributed by atoms with E-state index in [2.05, 4.69) is 11.9 Å². The number of rotatable bonds is 6. The third-order valence-electron chi connectivity index (χ3n) is 5.51. The number of carbonyl (C=O) groups excluding carboxylic acids is 2. The van der Waals surface area contributed by atoms with Gasteiger partial charge in [0.15, 0.2) is 0 Å². The maximum absolute atomic E-state index is 12.9. The molecule has 2 amide bonds. The molecule has 1 heterocycles. The molecule has 1 aliphatic carbocycles. The van der Waals surface area contributed by atoms with Crippen LogP contribution in [0.25, 0.3) is 0 Å². The van der Waals surface area contributed by atoms with Gasteiger partial charge in [-0.3, -0.25) is 9.59 Å². The fourth-order valence-corrected chi connectivity index (χ4v) is 3.89. The lowest BCUT2D eigenvalue weighted by Gasteiger charge is -2.27. The van der Waals surface area contributed by atoms with Crippen LogP contribution in [-0.4, -0.2) is 25.0 Å². The molecule has 0 radical (unpaired) electrons. The van der Waals surface area contributed by atoms with E-state index >= 15 is 0 Å². The monoisotopic (exact) mass is 370 g/mol. The van der Waals surface area contributed by atoms with E-state index in [0.29, 0.717) is 42.6 Å². The van der Waals surface area contributed by atoms with E-state index in [4.69, 9.17) is 4.74 Å². The molecule has 5 nitrogen and oxygen atoms in total. The minimum atomic E-state index is -0.618. The zero-order valence-corrected chi connectivity index (χ0v) is 16.4. The summed E-state index contributed by atoms with van der Waals surface area (Å²) >= 11 is 0. The highest BCUT2D eigenvalue weighted by atomic mass is 16.5. The number of hydrogen-bond donors (Lipinski definition) is 1. The molecule has 1 aromatic carbocycles. The van der Waals surface area contributed by atoms with Crippen LogP contribution in [0.15, 0.2) is 30.9 Å². The molecule has 1 aliphatic heterocycles. The van der Waals surface area contributed by atoms with E-state index < -0.39 is 5.41 Å². The Morgan fingerprint density at radius 1 is 1.37 bits per heavy atom. The summed E-state index contributed by atoms with van der Waals surface area (Å²) in [5.41, 5.74) is 0.751. The second kappa shape index (κ2) is 8.15. The van der Waals surface area contributed by atoms with Crippen LogP contribution in [0.3, 0.4) is 0 Å². The zero-order chi connectivity index (χ0) is 19.4. The summed E-state index contributed by atoms with van der Waals surface area (Å²) in [6.45, 7) is 8.24. The topological polar surface area (TPSA) is 58.6 Å². The van der Waals surface area contributed by atoms with Crippen LogP contribution < -0.4 is 15.0 Å². The Morgan fingerprint density at radius 3 is 2.81 bits per heavy atom. The van der Waals surface area contributed by atoms with Crippen LogP contribution in [0.5, 0.6) is 5.75 Å². The third-order valence-corrected chi connectivity index (χ3v) is 5.51. The molecule has 2 aliphatic rings. The number of amides is 2. The molecule has 0 bridgehead atoms. The quantitative estimate of drug-likeness (QED) is 0.748. The number of anilines is 2. The highest BCUT2D eigenvalue weighted by Gasteiger charge is 2.37. The third kappa shape index (κ3) is 4.52. The molecule has 1 N–H and O–H groups in total. The van der Waals surface area contributed by atoms with Crippen molar-refractivity contribution in [2.75, 3.05) is 23.4 Å². The summed E-state index contributed by atoms with van der Waals surface area (Å²) in [5, 5.41) is 2.98. The van der Waals surface area contributed by atoms with Crippen molar-refractivity contribution < 1.29 is 14.3 Å². The Bertz CT molecular complexity index is 720. The van der Waals surface area contributed by atoms with E-state index in [1.54, 1.807) is 11.0 Å². The van der Waals surface area contributed by atoms with Crippen molar-refractivity contribution in [1.82, 2.24) is 0 Å². The van der Waals surface area contributed by atoms with Gasteiger partial charge in [-0.2, -0.15) is 0 Å². The van der Waals surface area contributed by atoms with Gasteiger partial charge >= 0.3 is 0 Å². The first-order chi connectivity index (χ1) is 12.9. The molecular formula is C22H30N2O3. The van der Waals surface area contributed by atoms with E-state index in [-0.39, 0.29) is 11.8 Å². The first-order valence-corrected chi connectivity index (χ1v) is 9.90. The van der Waals surface area contributed by atoms with Gasteiger partial charge in [0.2, 0.25) is 11.8 Å². The fraction of sp³-hybridized carbons (Fsp3) is 0.545. The molecule has 27 heavy (non-hydrogen) atoms. The Balaban J connectivity index is 1.74. The second-order valence-electron chi connectivity index (χ2n) is 8.30. The molecular weight excluding hydrogens is 340 g/mol. The average molecular weight is 370 g/mol. The van der Waals surface area contributed by atoms with Gasteiger partial charge in [-0.1, -0.05) is 31.8 Å². The van der Waals surface area contributed by atoms with Gasteiger partial charge in [0, 0.05) is 18.7 Å². The van der Waals surface area contributed by atoms with Crippen LogP contribution in [0.4, 0.5) is 11.4 Å². The minimum absolute atomic E-state index is 0.00846. The SMILES string of the molecule is C=CCN1C(=O)C(C)(C)COc2ccc(NC(=O)CCC3CCCC3)cc21. The average Bonchev–Trinajstić information content (AvgIpc) is 3.13. The smallest absolute Gasteiger partial charge is 0.236 e. The summed E-state index contributed by atoms with van der Waals surface area (Å²) < 4.78 is 5.88. The molecule has 1 aromatic rings. The van der Waals surface area contributed by atoms with Crippen molar-refractivity contribution in [3.8, 4) is 5.75 Å². The van der Waals surface area contributed by atoms with Crippen LogP contribution in [-0.2, 0) is 9.59 Å². The second-order valence-corrected chi connectivity index (χ2v) is 8.30. The van der Waals surface area contributed by atoms with Crippen LogP contribution in [0, 0.1) is 11.3 Å². The number of carbonyl (C=O) groups is 2. The van der Waals surface area contributed by atoms with Crippen molar-refractivity contribution in [3.63, 3.8) is 0 Å². The highest BCUT2D eigenvalue weighted by molar-refractivity contribution is 6.00. The molecule has 0 atom stereocenters. The molecule has 146 valence electrons. The Hall–Kier alpha value is -2.30. The van der Waals surface area contributed by atoms with Crippen LogP contribution in [0.2, 0.25) is 0 Å². The summed E-state index contributed by atoms with van der Waals surface area (Å²) in [5.74, 6) is 1.36. The molecule has 0 aromatic heterocycles. The van der Waals surface area contributed by atoms with Gasteiger partial charge < -0.3 is 15.0 Å². The minimum Gasteiger partial charge on any atom is -0.490 e. The fourth-order valence-electron chi connectivity index (χ4n) is 3.89. The van der Waals surface area contributed by atoms with Crippen molar-refractivity contribution >= 4 is 23.2 Å². The van der Waals surface area contributed by atoms with Crippen LogP contribution >= 0.6 is 0 Å². The number of hydrogen-bond acceptors (Lipinski definition) is 3. The Morgan fingerprint density at radius 2 is 2.11 bits per heavy atom. The molecule has 0 spiro atoms. The van der Waals surface area contributed by atoms with Crippen molar-refractivity contribution in [3.05, 3.63) is 30.9 Å². The maximum Gasteiger partial charge on any atom is 0.236 e. The largest absolute Gasteiger partial charge is 0.490 e. The summed E-state index contributed by atoms with van der Waals surface area (Å²) in [6.07, 6.45) is 8.28. The number of benzene rings is 1. The number of nitrogens with zero attached hydrogens (tertiary/aromatic N) is 1. The predicted molar refractivity (Wildman–Crippen MR) is 108 cm³/mol. The first kappa shape index (κ1) is 19.5. The Labute approximate surface area is 161 Å². The van der Waals surface area contributed by atoms with E-state index in [1.807, 2.05) is 32.0 Å². The molecule has 1 fully saturated rings. The lowest BCUT2D eigenvalue weighted by molar-refractivity contribution is -0.127. The maximum atomic E-state index is 12.9. The zero-order valence-electron chi connectivity index (χ0n) is 16.4. The van der Waals surface area contributed by atoms with Gasteiger partial charge in [-0.25, -0.2) is 0 Å². The first-order valence-electron chi connectivity index (χ1n) is 9.90. The Kier molecular flexibility index (Phi) is 5.88. The van der Waals surface area contributed by atoms with Gasteiger partial charge in [-0.05, 0) is 44.4 Å². The molecule has 0 saturated heterocycles. The standard InChI is InChI=1S/C22H30N2O3/c1-4-13-24-18-14-17(23-20(25)12-9-16-7-5-6-8-16)10-11-19(18)27-15-22(2,3)21(24)26/h4,10-11,14,16H,1,5-9,12-13,15H2,2-3H3,(H,23,25). The van der Waals surface area contributed by atoms with Gasteiger partial charge in [0.05, 0.1) is 11.1 Å². The summed E-state index contributed by atoms with van der Waals surface area (Å²) in [4.78, 5) is 26.9. The van der Waals surface area contributed by atoms with E-state index in [0.717, 1.165) is 6.42 Å². The summed E-state index contributed by atoms with van der Waals surface area (Å²) in [6, 6.07) is 5.49. The molecule has 1 saturated carbocycles. The van der Waals surface area contributed by atoms with E-state index in [1.165, 1.54) is 25.7 Å². The van der Waals surface area contributed by atoms with Gasteiger partial charge in [0.1, 0.15) is 12.4 Å². The molecule has 5 heteroatoms. The number of ether oxygens (including phenoxy) is 1. The predicted octanol–water partition coefficient (Wildman–Crippen LogP) is 4.53. The van der Waals surface area contributed by atoms with Gasteiger partial charge in [0.25, 0.3) is 0 Å². The van der Waals surface area contributed by atoms with Crippen molar-refractivity contribution in [1.29, 1.82) is 0 Å². The van der Waals surface area contributed by atoms with Gasteiger partial charge in [-0.15, -0.1) is 6.58 Å². The van der Waals surface area contributed by atoms with E-state index in [9.17, 15) is 9.59 Å².